The van der Waals surface area contributed by atoms with Crippen LogP contribution in [0.1, 0.15) is 35.4 Å². The van der Waals surface area contributed by atoms with E-state index in [1.54, 1.807) is 0 Å². The zero-order valence-electron chi connectivity index (χ0n) is 19.4. The van der Waals surface area contributed by atoms with Gasteiger partial charge in [-0.05, 0) is 75.2 Å². The molecule has 1 aliphatic heterocycles. The summed E-state index contributed by atoms with van der Waals surface area (Å²) in [7, 11) is 0. The standard InChI is InChI=1S/C27H31N5O/c1-19-5-10-24(23-11-12-28-26(19)23)30-27-20(2)18-29-25(31-27)17-21-6-8-22(9-7-21)33-16-15-32-13-3-4-14-32/h5-12,18,28H,3-4,13-17H2,1-2H3,(H,29,30,31). The van der Waals surface area contributed by atoms with E-state index in [0.29, 0.717) is 6.42 Å². The van der Waals surface area contributed by atoms with E-state index in [2.05, 4.69) is 57.4 Å². The van der Waals surface area contributed by atoms with Crippen molar-refractivity contribution in [1.82, 2.24) is 19.9 Å². The predicted molar refractivity (Wildman–Crippen MR) is 134 cm³/mol. The topological polar surface area (TPSA) is 66.1 Å². The number of anilines is 2. The van der Waals surface area contributed by atoms with Gasteiger partial charge in [0, 0.05) is 42.0 Å². The number of nitrogens with one attached hydrogen (secondary N) is 2. The summed E-state index contributed by atoms with van der Waals surface area (Å²) in [4.78, 5) is 15.2. The van der Waals surface area contributed by atoms with Crippen LogP contribution in [-0.2, 0) is 6.42 Å². The second kappa shape index (κ2) is 9.63. The molecule has 0 bridgehead atoms. The number of rotatable bonds is 8. The van der Waals surface area contributed by atoms with Crippen LogP contribution >= 0.6 is 0 Å². The van der Waals surface area contributed by atoms with Gasteiger partial charge < -0.3 is 15.0 Å². The highest BCUT2D eigenvalue weighted by molar-refractivity contribution is 5.95. The molecule has 0 saturated carbocycles. The summed E-state index contributed by atoms with van der Waals surface area (Å²) in [6.07, 6.45) is 7.17. The van der Waals surface area contributed by atoms with Gasteiger partial charge >= 0.3 is 0 Å². The van der Waals surface area contributed by atoms with E-state index in [-0.39, 0.29) is 0 Å². The SMILES string of the molecule is Cc1cnc(Cc2ccc(OCCN3CCCC3)cc2)nc1Nc1ccc(C)c2[nH]ccc12. The number of likely N-dealkylation sites (tertiary alicyclic amines) is 1. The molecule has 2 aromatic carbocycles. The summed E-state index contributed by atoms with van der Waals surface area (Å²) in [5.74, 6) is 2.55. The first-order chi connectivity index (χ1) is 16.2. The molecule has 0 amide bonds. The third-order valence-electron chi connectivity index (χ3n) is 6.37. The third-order valence-corrected chi connectivity index (χ3v) is 6.37. The van der Waals surface area contributed by atoms with Crippen molar-refractivity contribution in [3.05, 3.63) is 77.4 Å². The molecule has 1 fully saturated rings. The minimum absolute atomic E-state index is 0.677. The second-order valence-corrected chi connectivity index (χ2v) is 8.86. The Balaban J connectivity index is 1.24. The fourth-order valence-electron chi connectivity index (χ4n) is 4.41. The van der Waals surface area contributed by atoms with Crippen molar-refractivity contribution in [2.45, 2.75) is 33.1 Å². The van der Waals surface area contributed by atoms with Gasteiger partial charge in [0.05, 0.1) is 5.52 Å². The van der Waals surface area contributed by atoms with Crippen LogP contribution < -0.4 is 10.1 Å². The lowest BCUT2D eigenvalue weighted by atomic mass is 10.1. The third kappa shape index (κ3) is 5.01. The summed E-state index contributed by atoms with van der Waals surface area (Å²) < 4.78 is 5.93. The van der Waals surface area contributed by atoms with E-state index in [4.69, 9.17) is 9.72 Å². The number of aromatic amines is 1. The van der Waals surface area contributed by atoms with E-state index in [9.17, 15) is 0 Å². The molecule has 2 aromatic heterocycles. The van der Waals surface area contributed by atoms with Crippen LogP contribution in [-0.4, -0.2) is 46.1 Å². The lowest BCUT2D eigenvalue weighted by Gasteiger charge is -2.15. The number of ether oxygens (including phenoxy) is 1. The number of nitrogens with zero attached hydrogens (tertiary/aromatic N) is 3. The molecule has 4 aromatic rings. The van der Waals surface area contributed by atoms with Crippen molar-refractivity contribution in [3.63, 3.8) is 0 Å². The zero-order chi connectivity index (χ0) is 22.6. The minimum Gasteiger partial charge on any atom is -0.492 e. The van der Waals surface area contributed by atoms with E-state index in [1.165, 1.54) is 37.1 Å². The lowest BCUT2D eigenvalue weighted by Crippen LogP contribution is -2.25. The maximum absolute atomic E-state index is 5.93. The van der Waals surface area contributed by atoms with Gasteiger partial charge in [-0.3, -0.25) is 4.90 Å². The molecule has 0 unspecified atom stereocenters. The molecule has 0 radical (unpaired) electrons. The number of fused-ring (bicyclic) bond motifs is 1. The van der Waals surface area contributed by atoms with Gasteiger partial charge in [-0.25, -0.2) is 9.97 Å². The van der Waals surface area contributed by atoms with E-state index >= 15 is 0 Å². The summed E-state index contributed by atoms with van der Waals surface area (Å²) in [5, 5.41) is 4.68. The highest BCUT2D eigenvalue weighted by atomic mass is 16.5. The van der Waals surface area contributed by atoms with Crippen LogP contribution in [0.25, 0.3) is 10.9 Å². The highest BCUT2D eigenvalue weighted by Crippen LogP contribution is 2.28. The maximum atomic E-state index is 5.93. The Morgan fingerprint density at radius 2 is 1.82 bits per heavy atom. The molecule has 6 heteroatoms. The molecule has 0 atom stereocenters. The van der Waals surface area contributed by atoms with Crippen molar-refractivity contribution in [2.24, 2.45) is 0 Å². The monoisotopic (exact) mass is 441 g/mol. The second-order valence-electron chi connectivity index (χ2n) is 8.86. The minimum atomic E-state index is 0.677. The molecule has 33 heavy (non-hydrogen) atoms. The molecule has 5 rings (SSSR count). The van der Waals surface area contributed by atoms with E-state index in [1.807, 2.05) is 31.5 Å². The van der Waals surface area contributed by atoms with Gasteiger partial charge in [0.1, 0.15) is 24.0 Å². The average molecular weight is 442 g/mol. The molecule has 2 N–H and O–H groups in total. The zero-order valence-corrected chi connectivity index (χ0v) is 19.4. The molecule has 170 valence electrons. The highest BCUT2D eigenvalue weighted by Gasteiger charge is 2.11. The molecule has 0 aliphatic carbocycles. The normalized spacial score (nSPS) is 14.1. The number of aryl methyl sites for hydroxylation is 2. The molecular formula is C27H31N5O. The predicted octanol–water partition coefficient (Wildman–Crippen LogP) is 5.38. The van der Waals surface area contributed by atoms with Gasteiger partial charge in [0.25, 0.3) is 0 Å². The largest absolute Gasteiger partial charge is 0.492 e. The number of hydrogen-bond donors (Lipinski definition) is 2. The molecular weight excluding hydrogens is 410 g/mol. The van der Waals surface area contributed by atoms with E-state index < -0.39 is 0 Å². The van der Waals surface area contributed by atoms with Crippen molar-refractivity contribution >= 4 is 22.4 Å². The molecule has 1 saturated heterocycles. The van der Waals surface area contributed by atoms with Crippen molar-refractivity contribution in [2.75, 3.05) is 31.6 Å². The molecule has 3 heterocycles. The van der Waals surface area contributed by atoms with Crippen molar-refractivity contribution in [3.8, 4) is 5.75 Å². The molecule has 0 spiro atoms. The van der Waals surface area contributed by atoms with Crippen LogP contribution in [0, 0.1) is 13.8 Å². The quantitative estimate of drug-likeness (QED) is 0.384. The van der Waals surface area contributed by atoms with E-state index in [0.717, 1.165) is 52.7 Å². The maximum Gasteiger partial charge on any atom is 0.137 e. The van der Waals surface area contributed by atoms with Gasteiger partial charge in [-0.15, -0.1) is 0 Å². The smallest absolute Gasteiger partial charge is 0.137 e. The number of benzene rings is 2. The Morgan fingerprint density at radius 1 is 1.00 bits per heavy atom. The fourth-order valence-corrected chi connectivity index (χ4v) is 4.41. The lowest BCUT2D eigenvalue weighted by molar-refractivity contribution is 0.238. The summed E-state index contributed by atoms with van der Waals surface area (Å²) in [6.45, 7) is 8.29. The van der Waals surface area contributed by atoms with Gasteiger partial charge in [0.15, 0.2) is 0 Å². The van der Waals surface area contributed by atoms with Crippen molar-refractivity contribution < 1.29 is 4.74 Å². The Labute approximate surface area is 195 Å². The number of H-pyrrole nitrogens is 1. The first-order valence-corrected chi connectivity index (χ1v) is 11.8. The fraction of sp³-hybridized carbons (Fsp3) is 0.333. The van der Waals surface area contributed by atoms with Gasteiger partial charge in [-0.2, -0.15) is 0 Å². The van der Waals surface area contributed by atoms with Crippen LogP contribution in [0.3, 0.4) is 0 Å². The van der Waals surface area contributed by atoms with Gasteiger partial charge in [-0.1, -0.05) is 18.2 Å². The Morgan fingerprint density at radius 3 is 2.64 bits per heavy atom. The number of hydrogen-bond acceptors (Lipinski definition) is 5. The van der Waals surface area contributed by atoms with Crippen LogP contribution in [0.2, 0.25) is 0 Å². The first kappa shape index (κ1) is 21.5. The summed E-state index contributed by atoms with van der Waals surface area (Å²) in [6, 6.07) is 14.6. The Hall–Kier alpha value is -3.38. The number of aromatic nitrogens is 3. The van der Waals surface area contributed by atoms with Crippen molar-refractivity contribution in [1.29, 1.82) is 0 Å². The summed E-state index contributed by atoms with van der Waals surface area (Å²) >= 11 is 0. The van der Waals surface area contributed by atoms with Crippen LogP contribution in [0.5, 0.6) is 5.75 Å². The molecule has 6 nitrogen and oxygen atoms in total. The first-order valence-electron chi connectivity index (χ1n) is 11.8. The average Bonchev–Trinajstić information content (AvgIpc) is 3.52. The van der Waals surface area contributed by atoms with Gasteiger partial charge in [0.2, 0.25) is 0 Å². The molecule has 1 aliphatic rings. The summed E-state index contributed by atoms with van der Waals surface area (Å²) in [5.41, 5.74) is 5.60. The van der Waals surface area contributed by atoms with Crippen LogP contribution in [0.15, 0.2) is 54.9 Å². The Bertz CT molecular complexity index is 1230. The van der Waals surface area contributed by atoms with Crippen LogP contribution in [0.4, 0.5) is 11.5 Å². The Kier molecular flexibility index (Phi) is 6.26.